The summed E-state index contributed by atoms with van der Waals surface area (Å²) in [5, 5.41) is 17.4. The maximum Gasteiger partial charge on any atom is 0.356 e. The highest BCUT2D eigenvalue weighted by Crippen LogP contribution is 2.24. The van der Waals surface area contributed by atoms with Crippen molar-refractivity contribution in [1.82, 2.24) is 20.0 Å². The van der Waals surface area contributed by atoms with Crippen LogP contribution >= 0.6 is 11.3 Å². The van der Waals surface area contributed by atoms with E-state index in [0.29, 0.717) is 5.69 Å². The normalized spacial score (nSPS) is 10.9. The molecule has 7 heteroatoms. The van der Waals surface area contributed by atoms with Gasteiger partial charge in [0.2, 0.25) is 0 Å². The van der Waals surface area contributed by atoms with E-state index in [4.69, 9.17) is 5.11 Å². The maximum atomic E-state index is 11.0. The van der Waals surface area contributed by atoms with Crippen molar-refractivity contribution < 1.29 is 9.90 Å². The molecule has 0 saturated heterocycles. The van der Waals surface area contributed by atoms with E-state index in [1.54, 1.807) is 17.4 Å². The molecule has 6 nitrogen and oxygen atoms in total. The van der Waals surface area contributed by atoms with Crippen molar-refractivity contribution in [3.63, 3.8) is 0 Å². The first kappa shape index (κ1) is 10.8. The van der Waals surface area contributed by atoms with E-state index >= 15 is 0 Å². The molecule has 0 atom stereocenters. The number of nitrogens with zero attached hydrogens (tertiary/aromatic N) is 4. The lowest BCUT2D eigenvalue weighted by molar-refractivity contribution is 0.0687. The molecule has 1 aromatic carbocycles. The van der Waals surface area contributed by atoms with Crippen LogP contribution in [-0.4, -0.2) is 31.1 Å². The molecule has 0 aliphatic rings. The van der Waals surface area contributed by atoms with Gasteiger partial charge < -0.3 is 5.11 Å². The van der Waals surface area contributed by atoms with Crippen LogP contribution in [0.5, 0.6) is 0 Å². The zero-order valence-electron chi connectivity index (χ0n) is 9.36. The molecular weight excluding hydrogens is 252 g/mol. The Kier molecular flexibility index (Phi) is 2.34. The highest BCUT2D eigenvalue weighted by atomic mass is 32.1. The van der Waals surface area contributed by atoms with E-state index in [2.05, 4.69) is 15.3 Å². The zero-order valence-corrected chi connectivity index (χ0v) is 10.2. The third-order valence-corrected chi connectivity index (χ3v) is 3.43. The first-order valence-corrected chi connectivity index (χ1v) is 5.98. The summed E-state index contributed by atoms with van der Waals surface area (Å²) in [4.78, 5) is 15.4. The van der Waals surface area contributed by atoms with Gasteiger partial charge in [-0.05, 0) is 25.1 Å². The van der Waals surface area contributed by atoms with Crippen molar-refractivity contribution in [3.8, 4) is 5.69 Å². The van der Waals surface area contributed by atoms with Gasteiger partial charge in [0, 0.05) is 0 Å². The Morgan fingerprint density at radius 1 is 1.44 bits per heavy atom. The first-order valence-electron chi connectivity index (χ1n) is 5.17. The molecule has 0 aliphatic heterocycles. The fraction of sp³-hybridized carbons (Fsp3) is 0.0909. The smallest absolute Gasteiger partial charge is 0.356 e. The van der Waals surface area contributed by atoms with Crippen molar-refractivity contribution in [2.75, 3.05) is 0 Å². The van der Waals surface area contributed by atoms with Gasteiger partial charge in [0.25, 0.3) is 0 Å². The van der Waals surface area contributed by atoms with E-state index in [1.165, 1.54) is 10.9 Å². The Balaban J connectivity index is 2.18. The van der Waals surface area contributed by atoms with Gasteiger partial charge in [-0.15, -0.1) is 16.4 Å². The standard InChI is InChI=1S/C11H8N4O2S/c1-6-13-8-3-2-7(4-10(8)18-6)15-9(11(16)17)5-12-14-15/h2-5H,1H3,(H,16,17). The molecule has 90 valence electrons. The van der Waals surface area contributed by atoms with Gasteiger partial charge in [0.1, 0.15) is 0 Å². The highest BCUT2D eigenvalue weighted by Gasteiger charge is 2.13. The van der Waals surface area contributed by atoms with Crippen LogP contribution in [0.25, 0.3) is 15.9 Å². The third-order valence-electron chi connectivity index (χ3n) is 2.49. The lowest BCUT2D eigenvalue weighted by Crippen LogP contribution is -2.07. The third kappa shape index (κ3) is 1.65. The molecule has 2 heterocycles. The molecule has 2 aromatic heterocycles. The van der Waals surface area contributed by atoms with Gasteiger partial charge in [0.05, 0.1) is 27.1 Å². The summed E-state index contributed by atoms with van der Waals surface area (Å²) in [6, 6.07) is 5.49. The van der Waals surface area contributed by atoms with Crippen molar-refractivity contribution >= 4 is 27.5 Å². The number of fused-ring (bicyclic) bond motifs is 1. The van der Waals surface area contributed by atoms with Crippen LogP contribution in [0.4, 0.5) is 0 Å². The monoisotopic (exact) mass is 260 g/mol. The highest BCUT2D eigenvalue weighted by molar-refractivity contribution is 7.18. The Bertz CT molecular complexity index is 746. The van der Waals surface area contributed by atoms with Crippen molar-refractivity contribution in [3.05, 3.63) is 35.1 Å². The Hall–Kier alpha value is -2.28. The van der Waals surface area contributed by atoms with Crippen molar-refractivity contribution in [1.29, 1.82) is 0 Å². The van der Waals surface area contributed by atoms with E-state index in [-0.39, 0.29) is 5.69 Å². The van der Waals surface area contributed by atoms with Gasteiger partial charge in [-0.2, -0.15) is 0 Å². The molecule has 0 unspecified atom stereocenters. The molecule has 1 N–H and O–H groups in total. The maximum absolute atomic E-state index is 11.0. The van der Waals surface area contributed by atoms with Crippen molar-refractivity contribution in [2.24, 2.45) is 0 Å². The molecular formula is C11H8N4O2S. The molecule has 0 saturated carbocycles. The summed E-state index contributed by atoms with van der Waals surface area (Å²) in [5.41, 5.74) is 1.61. The summed E-state index contributed by atoms with van der Waals surface area (Å²) in [5.74, 6) is -1.06. The number of rotatable bonds is 2. The van der Waals surface area contributed by atoms with Crippen LogP contribution in [0.15, 0.2) is 24.4 Å². The number of aryl methyl sites for hydroxylation is 1. The number of thiazole rings is 1. The lowest BCUT2D eigenvalue weighted by atomic mass is 10.3. The minimum absolute atomic E-state index is 0.0376. The molecule has 0 amide bonds. The summed E-state index contributed by atoms with van der Waals surface area (Å²) in [6.45, 7) is 1.93. The summed E-state index contributed by atoms with van der Waals surface area (Å²) >= 11 is 1.56. The number of hydrogen-bond donors (Lipinski definition) is 1. The summed E-state index contributed by atoms with van der Waals surface area (Å²) in [6.07, 6.45) is 1.23. The van der Waals surface area contributed by atoms with Crippen LogP contribution in [-0.2, 0) is 0 Å². The van der Waals surface area contributed by atoms with E-state index < -0.39 is 5.97 Å². The van der Waals surface area contributed by atoms with E-state index in [0.717, 1.165) is 15.2 Å². The molecule has 3 aromatic rings. The number of aromatic nitrogens is 4. The molecule has 3 rings (SSSR count). The van der Waals surface area contributed by atoms with Gasteiger partial charge >= 0.3 is 5.97 Å². The molecule has 0 aliphatic carbocycles. The fourth-order valence-electron chi connectivity index (χ4n) is 1.73. The molecule has 18 heavy (non-hydrogen) atoms. The summed E-state index contributed by atoms with van der Waals surface area (Å²) in [7, 11) is 0. The Morgan fingerprint density at radius 3 is 3.06 bits per heavy atom. The van der Waals surface area contributed by atoms with Crippen LogP contribution in [0, 0.1) is 6.92 Å². The number of carboxylic acid groups (broad SMARTS) is 1. The molecule has 0 bridgehead atoms. The second kappa shape index (κ2) is 3.88. The van der Waals surface area contributed by atoms with Gasteiger partial charge in [-0.25, -0.2) is 14.5 Å². The fourth-order valence-corrected chi connectivity index (χ4v) is 2.59. The minimum atomic E-state index is -1.06. The predicted octanol–water partition coefficient (Wildman–Crippen LogP) is 1.88. The summed E-state index contributed by atoms with van der Waals surface area (Å²) < 4.78 is 2.30. The van der Waals surface area contributed by atoms with E-state index in [9.17, 15) is 4.79 Å². The second-order valence-electron chi connectivity index (χ2n) is 3.72. The van der Waals surface area contributed by atoms with Crippen LogP contribution in [0.3, 0.4) is 0 Å². The molecule has 0 fully saturated rings. The number of aromatic carboxylic acids is 1. The average molecular weight is 260 g/mol. The van der Waals surface area contributed by atoms with Gasteiger partial charge in [-0.1, -0.05) is 5.21 Å². The zero-order chi connectivity index (χ0) is 12.7. The molecule has 0 radical (unpaired) electrons. The SMILES string of the molecule is Cc1nc2ccc(-n3nncc3C(=O)O)cc2s1. The number of benzene rings is 1. The van der Waals surface area contributed by atoms with Gasteiger partial charge in [0.15, 0.2) is 5.69 Å². The van der Waals surface area contributed by atoms with Crippen LogP contribution < -0.4 is 0 Å². The average Bonchev–Trinajstić information content (AvgIpc) is 2.91. The quantitative estimate of drug-likeness (QED) is 0.760. The number of carboxylic acids is 1. The lowest BCUT2D eigenvalue weighted by Gasteiger charge is -2.02. The van der Waals surface area contributed by atoms with Crippen LogP contribution in [0.1, 0.15) is 15.5 Å². The molecule has 0 spiro atoms. The minimum Gasteiger partial charge on any atom is -0.476 e. The number of hydrogen-bond acceptors (Lipinski definition) is 5. The van der Waals surface area contributed by atoms with E-state index in [1.807, 2.05) is 19.1 Å². The number of carbonyl (C=O) groups is 1. The van der Waals surface area contributed by atoms with Gasteiger partial charge in [-0.3, -0.25) is 0 Å². The van der Waals surface area contributed by atoms with Crippen LogP contribution in [0.2, 0.25) is 0 Å². The predicted molar refractivity (Wildman–Crippen MR) is 66.2 cm³/mol. The largest absolute Gasteiger partial charge is 0.476 e. The first-order chi connectivity index (χ1) is 8.65. The topological polar surface area (TPSA) is 80.9 Å². The second-order valence-corrected chi connectivity index (χ2v) is 4.96. The van der Waals surface area contributed by atoms with Crippen molar-refractivity contribution in [2.45, 2.75) is 6.92 Å². The Labute approximate surface area is 106 Å². The Morgan fingerprint density at radius 2 is 2.28 bits per heavy atom.